The molecule has 0 saturated heterocycles. The molecule has 0 aliphatic carbocycles. The van der Waals surface area contributed by atoms with Gasteiger partial charge in [-0.05, 0) is 24.5 Å². The molecule has 0 radical (unpaired) electrons. The molecule has 0 aromatic heterocycles. The summed E-state index contributed by atoms with van der Waals surface area (Å²) in [6.45, 7) is 5.80. The number of rotatable bonds is 1. The van der Waals surface area contributed by atoms with E-state index in [0.29, 0.717) is 5.41 Å². The fourth-order valence-electron chi connectivity index (χ4n) is 1.19. The Morgan fingerprint density at radius 2 is 2.30 bits per heavy atom. The molecule has 0 aromatic rings. The zero-order valence-corrected chi connectivity index (χ0v) is 7.22. The molecule has 58 valence electrons. The third kappa shape index (κ3) is 1.53. The molecule has 0 aromatic carbocycles. The van der Waals surface area contributed by atoms with E-state index in [1.165, 1.54) is 19.4 Å². The zero-order valence-electron chi connectivity index (χ0n) is 7.22. The van der Waals surface area contributed by atoms with Crippen LogP contribution in [-0.4, -0.2) is 18.5 Å². The molecule has 1 unspecified atom stereocenters. The lowest BCUT2D eigenvalue weighted by Gasteiger charge is -2.32. The topological polar surface area (TPSA) is 3.24 Å². The van der Waals surface area contributed by atoms with Gasteiger partial charge in [-0.15, -0.1) is 0 Å². The van der Waals surface area contributed by atoms with Crippen LogP contribution in [-0.2, 0) is 0 Å². The largest absolute Gasteiger partial charge is 0.381 e. The lowest BCUT2D eigenvalue weighted by atomic mass is 9.82. The van der Waals surface area contributed by atoms with Gasteiger partial charge in [0.2, 0.25) is 0 Å². The van der Waals surface area contributed by atoms with Crippen LogP contribution in [0.4, 0.5) is 0 Å². The van der Waals surface area contributed by atoms with Gasteiger partial charge in [-0.2, -0.15) is 0 Å². The summed E-state index contributed by atoms with van der Waals surface area (Å²) in [7, 11) is 2.13. The normalized spacial score (nSPS) is 32.9. The molecule has 0 bridgehead atoms. The molecule has 1 aliphatic rings. The van der Waals surface area contributed by atoms with Gasteiger partial charge in [-0.1, -0.05) is 19.9 Å². The lowest BCUT2D eigenvalue weighted by Crippen LogP contribution is -2.26. The van der Waals surface area contributed by atoms with Gasteiger partial charge < -0.3 is 4.90 Å². The molecule has 1 aliphatic heterocycles. The molecule has 0 N–H and O–H groups in total. The van der Waals surface area contributed by atoms with E-state index >= 15 is 0 Å². The van der Waals surface area contributed by atoms with Crippen molar-refractivity contribution >= 4 is 0 Å². The second-order valence-electron chi connectivity index (χ2n) is 3.55. The Kier molecular flexibility index (Phi) is 2.02. The molecule has 0 spiro atoms. The third-order valence-electron chi connectivity index (χ3n) is 2.57. The van der Waals surface area contributed by atoms with Crippen molar-refractivity contribution in [3.8, 4) is 0 Å². The van der Waals surface area contributed by atoms with E-state index in [9.17, 15) is 0 Å². The maximum Gasteiger partial charge on any atom is 0.0177 e. The van der Waals surface area contributed by atoms with Crippen LogP contribution in [0.25, 0.3) is 0 Å². The van der Waals surface area contributed by atoms with Crippen molar-refractivity contribution in [1.82, 2.24) is 4.90 Å². The van der Waals surface area contributed by atoms with Gasteiger partial charge in [0.15, 0.2) is 0 Å². The Bertz CT molecular complexity index is 140. The molecule has 0 amide bonds. The van der Waals surface area contributed by atoms with E-state index < -0.39 is 0 Å². The zero-order chi connectivity index (χ0) is 7.61. The maximum atomic E-state index is 2.33. The SMILES string of the molecule is CCC1(C)C=CN(C)CC1. The van der Waals surface area contributed by atoms with E-state index in [1.54, 1.807) is 0 Å². The summed E-state index contributed by atoms with van der Waals surface area (Å²) >= 11 is 0. The predicted molar refractivity (Wildman–Crippen MR) is 44.8 cm³/mol. The number of nitrogens with zero attached hydrogens (tertiary/aromatic N) is 1. The van der Waals surface area contributed by atoms with E-state index in [0.717, 1.165) is 0 Å². The molecule has 0 saturated carbocycles. The Hall–Kier alpha value is -0.460. The van der Waals surface area contributed by atoms with E-state index in [1.807, 2.05) is 0 Å². The van der Waals surface area contributed by atoms with Crippen LogP contribution < -0.4 is 0 Å². The van der Waals surface area contributed by atoms with Crippen LogP contribution in [0.1, 0.15) is 26.7 Å². The molecule has 1 nitrogen and oxygen atoms in total. The average molecular weight is 139 g/mol. The van der Waals surface area contributed by atoms with Crippen molar-refractivity contribution < 1.29 is 0 Å². The fourth-order valence-corrected chi connectivity index (χ4v) is 1.19. The smallest absolute Gasteiger partial charge is 0.0177 e. The standard InChI is InChI=1S/C9H17N/c1-4-9(2)5-7-10(3)8-6-9/h5,7H,4,6,8H2,1-3H3. The second kappa shape index (κ2) is 2.65. The van der Waals surface area contributed by atoms with Crippen LogP contribution in [0.5, 0.6) is 0 Å². The van der Waals surface area contributed by atoms with Crippen molar-refractivity contribution in [1.29, 1.82) is 0 Å². The quantitative estimate of drug-likeness (QED) is 0.538. The minimum absolute atomic E-state index is 0.479. The van der Waals surface area contributed by atoms with Gasteiger partial charge in [0.05, 0.1) is 0 Å². The lowest BCUT2D eigenvalue weighted by molar-refractivity contribution is 0.283. The average Bonchev–Trinajstić information content (AvgIpc) is 1.96. The Labute approximate surface area is 63.7 Å². The summed E-state index contributed by atoms with van der Waals surface area (Å²) in [5.41, 5.74) is 0.479. The van der Waals surface area contributed by atoms with Crippen molar-refractivity contribution in [2.24, 2.45) is 5.41 Å². The van der Waals surface area contributed by atoms with Crippen molar-refractivity contribution in [2.45, 2.75) is 26.7 Å². The van der Waals surface area contributed by atoms with Gasteiger partial charge in [0.25, 0.3) is 0 Å². The molecule has 10 heavy (non-hydrogen) atoms. The Morgan fingerprint density at radius 1 is 1.60 bits per heavy atom. The van der Waals surface area contributed by atoms with E-state index in [2.05, 4.69) is 38.1 Å². The Morgan fingerprint density at radius 3 is 2.70 bits per heavy atom. The summed E-state index contributed by atoms with van der Waals surface area (Å²) < 4.78 is 0. The van der Waals surface area contributed by atoms with Crippen LogP contribution in [0.3, 0.4) is 0 Å². The van der Waals surface area contributed by atoms with Crippen molar-refractivity contribution in [3.63, 3.8) is 0 Å². The first-order valence-electron chi connectivity index (χ1n) is 4.06. The van der Waals surface area contributed by atoms with E-state index in [4.69, 9.17) is 0 Å². The van der Waals surface area contributed by atoms with Crippen molar-refractivity contribution in [2.75, 3.05) is 13.6 Å². The number of hydrogen-bond acceptors (Lipinski definition) is 1. The highest BCUT2D eigenvalue weighted by atomic mass is 15.1. The van der Waals surface area contributed by atoms with E-state index in [-0.39, 0.29) is 0 Å². The van der Waals surface area contributed by atoms with Gasteiger partial charge >= 0.3 is 0 Å². The number of hydrogen-bond donors (Lipinski definition) is 0. The summed E-state index contributed by atoms with van der Waals surface area (Å²) in [4.78, 5) is 2.25. The second-order valence-corrected chi connectivity index (χ2v) is 3.55. The van der Waals surface area contributed by atoms with Gasteiger partial charge in [0.1, 0.15) is 0 Å². The van der Waals surface area contributed by atoms with Gasteiger partial charge in [-0.3, -0.25) is 0 Å². The van der Waals surface area contributed by atoms with Crippen LogP contribution >= 0.6 is 0 Å². The highest BCUT2D eigenvalue weighted by Crippen LogP contribution is 2.30. The van der Waals surface area contributed by atoms with Gasteiger partial charge in [-0.25, -0.2) is 0 Å². The highest BCUT2D eigenvalue weighted by Gasteiger charge is 2.21. The number of allylic oxidation sites excluding steroid dienone is 1. The molecular formula is C9H17N. The molecule has 1 heterocycles. The van der Waals surface area contributed by atoms with Crippen molar-refractivity contribution in [3.05, 3.63) is 12.3 Å². The Balaban J connectivity index is 2.59. The minimum Gasteiger partial charge on any atom is -0.381 e. The first kappa shape index (κ1) is 7.64. The molecular weight excluding hydrogens is 122 g/mol. The first-order chi connectivity index (χ1) is 4.66. The first-order valence-corrected chi connectivity index (χ1v) is 4.06. The van der Waals surface area contributed by atoms with Crippen LogP contribution in [0.2, 0.25) is 0 Å². The predicted octanol–water partition coefficient (Wildman–Crippen LogP) is 2.25. The third-order valence-corrected chi connectivity index (χ3v) is 2.57. The monoisotopic (exact) mass is 139 g/mol. The molecule has 0 fully saturated rings. The van der Waals surface area contributed by atoms with Gasteiger partial charge in [0, 0.05) is 13.6 Å². The minimum atomic E-state index is 0.479. The van der Waals surface area contributed by atoms with Crippen LogP contribution in [0, 0.1) is 5.41 Å². The van der Waals surface area contributed by atoms with Crippen LogP contribution in [0.15, 0.2) is 12.3 Å². The summed E-state index contributed by atoms with van der Waals surface area (Å²) in [6, 6.07) is 0. The fraction of sp³-hybridized carbons (Fsp3) is 0.778. The molecule has 1 heteroatoms. The molecule has 1 rings (SSSR count). The summed E-state index contributed by atoms with van der Waals surface area (Å²) in [5.74, 6) is 0. The molecule has 1 atom stereocenters. The summed E-state index contributed by atoms with van der Waals surface area (Å²) in [5, 5.41) is 0. The summed E-state index contributed by atoms with van der Waals surface area (Å²) in [6.07, 6.45) is 7.09. The maximum absolute atomic E-state index is 2.33. The highest BCUT2D eigenvalue weighted by molar-refractivity contribution is 5.00.